The van der Waals surface area contributed by atoms with Crippen molar-refractivity contribution in [1.29, 1.82) is 0 Å². The van der Waals surface area contributed by atoms with Crippen LogP contribution in [0, 0.1) is 24.0 Å². The first kappa shape index (κ1) is 23.2. The molecule has 0 unspecified atom stereocenters. The van der Waals surface area contributed by atoms with Gasteiger partial charge in [0.25, 0.3) is 11.6 Å². The Kier molecular flexibility index (Phi) is 5.97. The quantitative estimate of drug-likeness (QED) is 0.298. The largest absolute Gasteiger partial charge is 0.496 e. The molecule has 3 aromatic carbocycles. The minimum Gasteiger partial charge on any atom is -0.496 e. The van der Waals surface area contributed by atoms with E-state index >= 15 is 0 Å². The molecule has 0 aromatic heterocycles. The molecular weight excluding hydrogens is 456 g/mol. The van der Waals surface area contributed by atoms with Crippen LogP contribution in [-0.2, 0) is 14.6 Å². The predicted octanol–water partition coefficient (Wildman–Crippen LogP) is 4.72. The molecule has 0 aliphatic carbocycles. The summed E-state index contributed by atoms with van der Waals surface area (Å²) in [6, 6.07) is 17.5. The lowest BCUT2D eigenvalue weighted by Gasteiger charge is -2.24. The van der Waals surface area contributed by atoms with Gasteiger partial charge >= 0.3 is 0 Å². The van der Waals surface area contributed by atoms with E-state index in [1.165, 1.54) is 42.4 Å². The number of ether oxygens (including phenoxy) is 1. The Morgan fingerprint density at radius 3 is 2.32 bits per heavy atom. The number of rotatable bonds is 5. The monoisotopic (exact) mass is 478 g/mol. The van der Waals surface area contributed by atoms with Gasteiger partial charge in [0.1, 0.15) is 10.7 Å². The zero-order valence-electron chi connectivity index (χ0n) is 18.8. The van der Waals surface area contributed by atoms with Crippen molar-refractivity contribution < 1.29 is 22.9 Å². The Labute approximate surface area is 197 Å². The van der Waals surface area contributed by atoms with Crippen molar-refractivity contribution in [3.8, 4) is 5.75 Å². The number of hydrogen-bond donors (Lipinski definition) is 0. The fourth-order valence-electron chi connectivity index (χ4n) is 4.14. The molecule has 0 spiro atoms. The molecule has 0 radical (unpaired) electrons. The van der Waals surface area contributed by atoms with Crippen molar-refractivity contribution >= 4 is 33.2 Å². The highest BCUT2D eigenvalue weighted by molar-refractivity contribution is 7.97. The molecular formula is C25H22N2O6S. The first-order valence-corrected chi connectivity index (χ1v) is 11.9. The van der Waals surface area contributed by atoms with E-state index < -0.39 is 30.9 Å². The lowest BCUT2D eigenvalue weighted by Crippen LogP contribution is -2.29. The first-order chi connectivity index (χ1) is 16.1. The maximum atomic E-state index is 13.8. The summed E-state index contributed by atoms with van der Waals surface area (Å²) in [5.74, 6) is -0.304. The normalized spacial score (nSPS) is 18.3. The maximum absolute atomic E-state index is 13.8. The molecule has 0 N–H and O–H groups in total. The van der Waals surface area contributed by atoms with Crippen molar-refractivity contribution in [2.24, 2.45) is 0 Å². The highest BCUT2D eigenvalue weighted by atomic mass is 32.2. The van der Waals surface area contributed by atoms with E-state index in [0.717, 1.165) is 11.1 Å². The number of non-ortho nitro benzene ring substituents is 1. The zero-order valence-corrected chi connectivity index (χ0v) is 19.6. The van der Waals surface area contributed by atoms with Crippen LogP contribution >= 0.6 is 0 Å². The molecule has 9 heteroatoms. The number of anilines is 1. The summed E-state index contributed by atoms with van der Waals surface area (Å²) in [5, 5.41) is 9.90. The molecule has 34 heavy (non-hydrogen) atoms. The summed E-state index contributed by atoms with van der Waals surface area (Å²) < 4.78 is 32.9. The van der Waals surface area contributed by atoms with E-state index in [1.54, 1.807) is 36.4 Å². The van der Waals surface area contributed by atoms with Gasteiger partial charge < -0.3 is 4.74 Å². The number of amides is 1. The number of methoxy groups -OCH3 is 1. The summed E-state index contributed by atoms with van der Waals surface area (Å²) in [4.78, 5) is 25.2. The van der Waals surface area contributed by atoms with E-state index in [-0.39, 0.29) is 11.3 Å². The van der Waals surface area contributed by atoms with Crippen LogP contribution in [0.3, 0.4) is 0 Å². The van der Waals surface area contributed by atoms with Crippen LogP contribution < -0.4 is 9.64 Å². The van der Waals surface area contributed by atoms with Crippen molar-refractivity contribution in [3.05, 3.63) is 104 Å². The predicted molar refractivity (Wildman–Crippen MR) is 129 cm³/mol. The van der Waals surface area contributed by atoms with Crippen LogP contribution in [0.25, 0.3) is 6.08 Å². The number of carbonyl (C=O) groups is 1. The molecule has 1 aliphatic heterocycles. The van der Waals surface area contributed by atoms with E-state index in [2.05, 4.69) is 0 Å². The number of nitro groups is 1. The molecule has 8 nitrogen and oxygen atoms in total. The summed E-state index contributed by atoms with van der Waals surface area (Å²) in [7, 11) is -2.81. The van der Waals surface area contributed by atoms with Gasteiger partial charge in [-0.2, -0.15) is 0 Å². The fourth-order valence-corrected chi connectivity index (χ4v) is 6.01. The van der Waals surface area contributed by atoms with Gasteiger partial charge in [0.15, 0.2) is 5.37 Å². The van der Waals surface area contributed by atoms with Crippen molar-refractivity contribution in [3.63, 3.8) is 0 Å². The van der Waals surface area contributed by atoms with E-state index in [9.17, 15) is 23.3 Å². The number of benzene rings is 3. The van der Waals surface area contributed by atoms with Gasteiger partial charge in [-0.15, -0.1) is 0 Å². The molecule has 1 heterocycles. The number of aryl methyl sites for hydroxylation is 2. The third-order valence-corrected chi connectivity index (χ3v) is 7.52. The van der Waals surface area contributed by atoms with Gasteiger partial charge in [0, 0.05) is 23.4 Å². The summed E-state index contributed by atoms with van der Waals surface area (Å²) in [5.41, 5.74) is 2.39. The van der Waals surface area contributed by atoms with Crippen LogP contribution in [0.4, 0.5) is 11.4 Å². The maximum Gasteiger partial charge on any atom is 0.271 e. The van der Waals surface area contributed by atoms with E-state index in [4.69, 9.17) is 4.74 Å². The lowest BCUT2D eigenvalue weighted by atomic mass is 10.1. The molecule has 1 amide bonds. The van der Waals surface area contributed by atoms with Crippen molar-refractivity contribution in [2.75, 3.05) is 12.0 Å². The third-order valence-electron chi connectivity index (χ3n) is 5.54. The standard InChI is InChI=1S/C25H22N2O6S/c1-16-11-17(2)13-21(12-16)26-24(28)23(15-18-7-4-5-10-22(18)33-3)34(31,32)25(26)19-8-6-9-20(14-19)27(29)30/h4-15,25H,1-3H3/b23-15-/t25-/m1/s1. The topological polar surface area (TPSA) is 107 Å². The van der Waals surface area contributed by atoms with Gasteiger partial charge in [0.2, 0.25) is 9.84 Å². The number of nitrogens with zero attached hydrogens (tertiary/aromatic N) is 2. The van der Waals surface area contributed by atoms with Gasteiger partial charge in [-0.3, -0.25) is 19.8 Å². The second-order valence-electron chi connectivity index (χ2n) is 8.02. The number of nitro benzene ring substituents is 1. The van der Waals surface area contributed by atoms with Gasteiger partial charge in [-0.25, -0.2) is 8.42 Å². The fraction of sp³-hybridized carbons (Fsp3) is 0.160. The molecule has 3 aromatic rings. The Balaban J connectivity index is 1.98. The second-order valence-corrected chi connectivity index (χ2v) is 10.00. The minimum atomic E-state index is -4.26. The Morgan fingerprint density at radius 1 is 1.00 bits per heavy atom. The molecule has 0 bridgehead atoms. The first-order valence-electron chi connectivity index (χ1n) is 10.4. The van der Waals surface area contributed by atoms with Crippen molar-refractivity contribution in [1.82, 2.24) is 0 Å². The summed E-state index contributed by atoms with van der Waals surface area (Å²) >= 11 is 0. The van der Waals surface area contributed by atoms with Crippen LogP contribution in [0.5, 0.6) is 5.75 Å². The number of sulfone groups is 1. The smallest absolute Gasteiger partial charge is 0.271 e. The third kappa shape index (κ3) is 4.06. The zero-order chi connectivity index (χ0) is 24.6. The van der Waals surface area contributed by atoms with Crippen LogP contribution in [0.2, 0.25) is 0 Å². The van der Waals surface area contributed by atoms with E-state index in [0.29, 0.717) is 17.0 Å². The van der Waals surface area contributed by atoms with Crippen LogP contribution in [0.1, 0.15) is 27.6 Å². The average molecular weight is 479 g/mol. The van der Waals surface area contributed by atoms with Crippen molar-refractivity contribution in [2.45, 2.75) is 19.2 Å². The highest BCUT2D eigenvalue weighted by Crippen LogP contribution is 2.44. The number of carbonyl (C=O) groups excluding carboxylic acids is 1. The number of hydrogen-bond acceptors (Lipinski definition) is 6. The SMILES string of the molecule is COc1ccccc1/C=C1/C(=O)N(c2cc(C)cc(C)c2)[C@@H](c2cccc([N+](=O)[O-])c2)S1(=O)=O. The van der Waals surface area contributed by atoms with Crippen LogP contribution in [-0.4, -0.2) is 26.4 Å². The summed E-state index contributed by atoms with van der Waals surface area (Å²) in [6.07, 6.45) is 1.30. The van der Waals surface area contributed by atoms with E-state index in [1.807, 2.05) is 19.9 Å². The molecule has 0 saturated carbocycles. The average Bonchev–Trinajstić information content (AvgIpc) is 2.99. The molecule has 1 aliphatic rings. The van der Waals surface area contributed by atoms with Crippen LogP contribution in [0.15, 0.2) is 71.6 Å². The second kappa shape index (κ2) is 8.75. The minimum absolute atomic E-state index is 0.130. The summed E-state index contributed by atoms with van der Waals surface area (Å²) in [6.45, 7) is 3.69. The molecule has 4 rings (SSSR count). The molecule has 1 saturated heterocycles. The Hall–Kier alpha value is -3.98. The molecule has 1 fully saturated rings. The van der Waals surface area contributed by atoms with Gasteiger partial charge in [0.05, 0.1) is 12.0 Å². The Bertz CT molecular complexity index is 1430. The Morgan fingerprint density at radius 2 is 1.68 bits per heavy atom. The molecule has 174 valence electrons. The van der Waals surface area contributed by atoms with Gasteiger partial charge in [-0.05, 0) is 54.8 Å². The molecule has 1 atom stereocenters. The lowest BCUT2D eigenvalue weighted by molar-refractivity contribution is -0.384. The highest BCUT2D eigenvalue weighted by Gasteiger charge is 2.50. The number of para-hydroxylation sites is 1. The van der Waals surface area contributed by atoms with Gasteiger partial charge in [-0.1, -0.05) is 36.4 Å².